The van der Waals surface area contributed by atoms with E-state index in [0.717, 1.165) is 16.5 Å². The minimum atomic E-state index is -0.505. The number of carbonyl (C=O) groups is 3. The summed E-state index contributed by atoms with van der Waals surface area (Å²) >= 11 is 0. The number of anilines is 2. The van der Waals surface area contributed by atoms with Crippen molar-refractivity contribution in [1.82, 2.24) is 0 Å². The summed E-state index contributed by atoms with van der Waals surface area (Å²) in [7, 11) is 1.30. The summed E-state index contributed by atoms with van der Waals surface area (Å²) in [5.74, 6) is -0.758. The normalized spacial score (nSPS) is 12.3. The van der Waals surface area contributed by atoms with Crippen LogP contribution >= 0.6 is 0 Å². The van der Waals surface area contributed by atoms with E-state index in [1.165, 1.54) is 7.11 Å². The molecule has 3 aromatic carbocycles. The third kappa shape index (κ3) is 3.45. The minimum absolute atomic E-state index is 0.0340. The van der Waals surface area contributed by atoms with Crippen LogP contribution in [0.5, 0.6) is 0 Å². The molecule has 1 aliphatic rings. The molecule has 0 saturated heterocycles. The molecule has 0 bridgehead atoms. The van der Waals surface area contributed by atoms with Crippen molar-refractivity contribution < 1.29 is 19.1 Å². The summed E-state index contributed by atoms with van der Waals surface area (Å²) < 4.78 is 4.74. The van der Waals surface area contributed by atoms with Gasteiger partial charge in [0, 0.05) is 23.9 Å². The van der Waals surface area contributed by atoms with Crippen molar-refractivity contribution in [2.24, 2.45) is 0 Å². The molecule has 0 radical (unpaired) electrons. The van der Waals surface area contributed by atoms with Crippen molar-refractivity contribution in [3.05, 3.63) is 71.8 Å². The van der Waals surface area contributed by atoms with Gasteiger partial charge in [-0.25, -0.2) is 4.79 Å². The number of ether oxygens (including phenoxy) is 1. The number of benzene rings is 3. The lowest BCUT2D eigenvalue weighted by molar-refractivity contribution is -0.116. The molecule has 1 aliphatic heterocycles. The average molecular weight is 388 g/mol. The van der Waals surface area contributed by atoms with E-state index in [1.54, 1.807) is 29.2 Å². The Morgan fingerprint density at radius 3 is 2.55 bits per heavy atom. The van der Waals surface area contributed by atoms with Gasteiger partial charge in [-0.05, 0) is 36.1 Å². The highest BCUT2D eigenvalue weighted by Crippen LogP contribution is 2.37. The number of nitrogens with one attached hydrogen (secondary N) is 1. The quantitative estimate of drug-likeness (QED) is 0.648. The van der Waals surface area contributed by atoms with E-state index in [1.807, 2.05) is 36.4 Å². The van der Waals surface area contributed by atoms with Crippen molar-refractivity contribution in [1.29, 1.82) is 0 Å². The smallest absolute Gasteiger partial charge is 0.339 e. The van der Waals surface area contributed by atoms with E-state index in [4.69, 9.17) is 4.74 Å². The molecule has 29 heavy (non-hydrogen) atoms. The van der Waals surface area contributed by atoms with Crippen LogP contribution in [0.25, 0.3) is 10.8 Å². The van der Waals surface area contributed by atoms with Crippen LogP contribution in [0, 0.1) is 0 Å². The van der Waals surface area contributed by atoms with Gasteiger partial charge in [-0.15, -0.1) is 0 Å². The summed E-state index contributed by atoms with van der Waals surface area (Å²) in [4.78, 5) is 38.7. The number of carbonyl (C=O) groups excluding carboxylic acids is 3. The fourth-order valence-electron chi connectivity index (χ4n) is 3.69. The van der Waals surface area contributed by atoms with Crippen molar-refractivity contribution in [2.45, 2.75) is 12.8 Å². The molecular formula is C23H20N2O4. The minimum Gasteiger partial charge on any atom is -0.465 e. The molecule has 146 valence electrons. The van der Waals surface area contributed by atoms with Crippen LogP contribution in [0.3, 0.4) is 0 Å². The Morgan fingerprint density at radius 1 is 1.00 bits per heavy atom. The first-order valence-electron chi connectivity index (χ1n) is 9.41. The Balaban J connectivity index is 1.41. The first kappa shape index (κ1) is 18.7. The van der Waals surface area contributed by atoms with Gasteiger partial charge in [0.2, 0.25) is 5.91 Å². The van der Waals surface area contributed by atoms with Crippen LogP contribution in [0.1, 0.15) is 33.6 Å². The van der Waals surface area contributed by atoms with Crippen molar-refractivity contribution in [3.8, 4) is 0 Å². The maximum Gasteiger partial charge on any atom is 0.339 e. The largest absolute Gasteiger partial charge is 0.465 e. The van der Waals surface area contributed by atoms with Crippen LogP contribution in [-0.4, -0.2) is 31.4 Å². The van der Waals surface area contributed by atoms with Gasteiger partial charge in [-0.2, -0.15) is 0 Å². The van der Waals surface area contributed by atoms with Crippen molar-refractivity contribution in [2.75, 3.05) is 23.9 Å². The maximum atomic E-state index is 12.8. The number of amides is 2. The number of rotatable bonds is 6. The fourth-order valence-corrected chi connectivity index (χ4v) is 3.69. The van der Waals surface area contributed by atoms with E-state index < -0.39 is 5.97 Å². The molecule has 0 fully saturated rings. The fraction of sp³-hybridized carbons (Fsp3) is 0.174. The molecule has 6 nitrogen and oxygen atoms in total. The molecule has 0 aliphatic carbocycles. The third-order valence-electron chi connectivity index (χ3n) is 5.04. The van der Waals surface area contributed by atoms with Crippen LogP contribution in [0.2, 0.25) is 0 Å². The predicted molar refractivity (Wildman–Crippen MR) is 111 cm³/mol. The highest BCUT2D eigenvalue weighted by atomic mass is 16.5. The lowest BCUT2D eigenvalue weighted by Crippen LogP contribution is -2.28. The summed E-state index contributed by atoms with van der Waals surface area (Å²) in [5, 5.41) is 4.76. The zero-order valence-corrected chi connectivity index (χ0v) is 16.0. The molecule has 1 heterocycles. The highest BCUT2D eigenvalue weighted by Gasteiger charge is 2.29. The van der Waals surface area contributed by atoms with E-state index in [2.05, 4.69) is 5.32 Å². The zero-order valence-electron chi connectivity index (χ0n) is 16.0. The van der Waals surface area contributed by atoms with Gasteiger partial charge in [0.1, 0.15) is 0 Å². The Hall–Kier alpha value is -3.67. The van der Waals surface area contributed by atoms with Gasteiger partial charge in [0.25, 0.3) is 5.91 Å². The molecule has 4 rings (SSSR count). The lowest BCUT2D eigenvalue weighted by atomic mass is 10.1. The second-order valence-corrected chi connectivity index (χ2v) is 6.83. The van der Waals surface area contributed by atoms with Crippen LogP contribution in [-0.2, 0) is 9.53 Å². The topological polar surface area (TPSA) is 75.7 Å². The number of esters is 1. The number of hydrogen-bond donors (Lipinski definition) is 1. The van der Waals surface area contributed by atoms with Gasteiger partial charge in [0.05, 0.1) is 24.0 Å². The molecule has 0 spiro atoms. The van der Waals surface area contributed by atoms with E-state index in [0.29, 0.717) is 29.8 Å². The van der Waals surface area contributed by atoms with Gasteiger partial charge in [0.15, 0.2) is 0 Å². The number of methoxy groups -OCH3 is 1. The number of para-hydroxylation sites is 1. The molecule has 6 heteroatoms. The van der Waals surface area contributed by atoms with Crippen LogP contribution in [0.15, 0.2) is 60.7 Å². The van der Waals surface area contributed by atoms with Crippen LogP contribution in [0.4, 0.5) is 11.4 Å². The SMILES string of the molecule is COC(=O)c1ccccc1NC(=O)CCCN1C(=O)c2cccc3cccc1c23. The van der Waals surface area contributed by atoms with E-state index in [9.17, 15) is 14.4 Å². The molecule has 0 unspecified atom stereocenters. The maximum absolute atomic E-state index is 12.8. The number of hydrogen-bond acceptors (Lipinski definition) is 4. The monoisotopic (exact) mass is 388 g/mol. The van der Waals surface area contributed by atoms with Crippen LogP contribution < -0.4 is 10.2 Å². The standard InChI is InChI=1S/C23H20N2O4/c1-29-23(28)16-9-2-3-11-18(16)24-20(26)13-6-14-25-19-12-5-8-15-7-4-10-17(21(15)19)22(25)27/h2-5,7-12H,6,13-14H2,1H3,(H,24,26). The molecular weight excluding hydrogens is 368 g/mol. The van der Waals surface area contributed by atoms with Gasteiger partial charge >= 0.3 is 5.97 Å². The van der Waals surface area contributed by atoms with Gasteiger partial charge in [-0.3, -0.25) is 9.59 Å². The Bertz CT molecular complexity index is 1120. The predicted octanol–water partition coefficient (Wildman–Crippen LogP) is 4.01. The molecule has 0 aromatic heterocycles. The Morgan fingerprint density at radius 2 is 1.76 bits per heavy atom. The Labute approximate surface area is 168 Å². The first-order chi connectivity index (χ1) is 14.1. The second kappa shape index (κ2) is 7.75. The van der Waals surface area contributed by atoms with E-state index >= 15 is 0 Å². The van der Waals surface area contributed by atoms with Gasteiger partial charge < -0.3 is 15.0 Å². The second-order valence-electron chi connectivity index (χ2n) is 6.83. The molecule has 0 saturated carbocycles. The molecule has 3 aromatic rings. The van der Waals surface area contributed by atoms with Crippen molar-refractivity contribution in [3.63, 3.8) is 0 Å². The zero-order chi connectivity index (χ0) is 20.4. The first-order valence-corrected chi connectivity index (χ1v) is 9.41. The van der Waals surface area contributed by atoms with E-state index in [-0.39, 0.29) is 18.2 Å². The molecule has 1 N–H and O–H groups in total. The number of nitrogens with zero attached hydrogens (tertiary/aromatic N) is 1. The summed E-state index contributed by atoms with van der Waals surface area (Å²) in [6.45, 7) is 0.443. The molecule has 2 amide bonds. The van der Waals surface area contributed by atoms with Gasteiger partial charge in [-0.1, -0.05) is 36.4 Å². The summed E-state index contributed by atoms with van der Waals surface area (Å²) in [6.07, 6.45) is 0.730. The Kier molecular flexibility index (Phi) is 4.99. The molecule has 0 atom stereocenters. The summed E-state index contributed by atoms with van der Waals surface area (Å²) in [5.41, 5.74) is 2.31. The third-order valence-corrected chi connectivity index (χ3v) is 5.04. The lowest BCUT2D eigenvalue weighted by Gasteiger charge is -2.17. The van der Waals surface area contributed by atoms with Crippen molar-refractivity contribution >= 4 is 39.9 Å². The highest BCUT2D eigenvalue weighted by molar-refractivity contribution is 6.25. The average Bonchev–Trinajstić information content (AvgIpc) is 3.02. The summed E-state index contributed by atoms with van der Waals surface area (Å²) in [6, 6.07) is 18.3.